The van der Waals surface area contributed by atoms with Gasteiger partial charge >= 0.3 is 0 Å². The van der Waals surface area contributed by atoms with E-state index in [1.807, 2.05) is 36.4 Å². The molecule has 8 nitrogen and oxygen atoms in total. The molecule has 0 fully saturated rings. The Balaban J connectivity index is 1.44. The van der Waals surface area contributed by atoms with Crippen LogP contribution in [0.15, 0.2) is 58.8 Å². The van der Waals surface area contributed by atoms with Crippen LogP contribution < -0.4 is 10.6 Å². The van der Waals surface area contributed by atoms with Crippen molar-refractivity contribution in [2.75, 3.05) is 24.6 Å². The SMILES string of the molecule is O=C(CCSSc1ccccn1)NCC[C@@H](O)[C@H](O)CCNC(=O)CCSSc1ccccn1. The fourth-order valence-electron chi connectivity index (χ4n) is 2.55. The van der Waals surface area contributed by atoms with E-state index in [1.54, 1.807) is 34.0 Å². The Kier molecular flexibility index (Phi) is 15.2. The zero-order valence-corrected chi connectivity index (χ0v) is 21.9. The number of nitrogens with zero attached hydrogens (tertiary/aromatic N) is 2. The van der Waals surface area contributed by atoms with Gasteiger partial charge in [-0.25, -0.2) is 9.97 Å². The van der Waals surface area contributed by atoms with Gasteiger partial charge in [-0.15, -0.1) is 0 Å². The third-order valence-electron chi connectivity index (χ3n) is 4.36. The molecule has 0 unspecified atom stereocenters. The number of carbonyl (C=O) groups excluding carboxylic acids is 2. The topological polar surface area (TPSA) is 124 Å². The fraction of sp³-hybridized carbons (Fsp3) is 0.455. The standard InChI is InChI=1S/C22H30N4O4S4/c27-17(7-13-23-19(29)9-15-31-33-21-5-1-3-11-25-21)18(28)8-14-24-20(30)10-16-32-34-22-6-2-4-12-26-22/h1-6,11-12,17-18,27-28H,7-10,13-16H2,(H,23,29)(H,24,30)/t17-,18-/m1/s1. The Morgan fingerprint density at radius 3 is 1.59 bits per heavy atom. The Bertz CT molecular complexity index is 767. The van der Waals surface area contributed by atoms with E-state index in [4.69, 9.17) is 0 Å². The first-order chi connectivity index (χ1) is 16.5. The summed E-state index contributed by atoms with van der Waals surface area (Å²) in [6.45, 7) is 0.569. The average molecular weight is 543 g/mol. The molecule has 186 valence electrons. The molecule has 0 bridgehead atoms. The van der Waals surface area contributed by atoms with Crippen molar-refractivity contribution in [3.05, 3.63) is 48.8 Å². The molecule has 0 aliphatic heterocycles. The second-order valence-electron chi connectivity index (χ2n) is 7.06. The summed E-state index contributed by atoms with van der Waals surface area (Å²) in [4.78, 5) is 32.2. The lowest BCUT2D eigenvalue weighted by atomic mass is 10.1. The Labute approximate surface area is 216 Å². The molecular weight excluding hydrogens is 513 g/mol. The molecule has 2 aromatic heterocycles. The van der Waals surface area contributed by atoms with Gasteiger partial charge in [-0.05, 0) is 58.7 Å². The van der Waals surface area contributed by atoms with Gasteiger partial charge in [0.25, 0.3) is 0 Å². The van der Waals surface area contributed by atoms with Crippen LogP contribution in [-0.2, 0) is 9.59 Å². The number of hydrogen-bond acceptors (Lipinski definition) is 10. The van der Waals surface area contributed by atoms with Crippen molar-refractivity contribution in [3.63, 3.8) is 0 Å². The smallest absolute Gasteiger partial charge is 0.220 e. The van der Waals surface area contributed by atoms with Crippen molar-refractivity contribution in [3.8, 4) is 0 Å². The highest BCUT2D eigenvalue weighted by Gasteiger charge is 2.16. The maximum Gasteiger partial charge on any atom is 0.220 e. The average Bonchev–Trinajstić information content (AvgIpc) is 2.85. The summed E-state index contributed by atoms with van der Waals surface area (Å²) in [5.41, 5.74) is 0. The lowest BCUT2D eigenvalue weighted by molar-refractivity contribution is -0.121. The van der Waals surface area contributed by atoms with Crippen LogP contribution in [0.25, 0.3) is 0 Å². The van der Waals surface area contributed by atoms with Crippen LogP contribution in [0.2, 0.25) is 0 Å². The number of rotatable bonds is 17. The molecule has 34 heavy (non-hydrogen) atoms. The number of nitrogens with one attached hydrogen (secondary N) is 2. The van der Waals surface area contributed by atoms with Crippen molar-refractivity contribution < 1.29 is 19.8 Å². The second-order valence-corrected chi connectivity index (χ2v) is 11.9. The molecule has 2 heterocycles. The summed E-state index contributed by atoms with van der Waals surface area (Å²) in [6, 6.07) is 11.4. The number of pyridine rings is 2. The van der Waals surface area contributed by atoms with Gasteiger partial charge in [0.15, 0.2) is 0 Å². The number of carbonyl (C=O) groups is 2. The summed E-state index contributed by atoms with van der Waals surface area (Å²) < 4.78 is 0. The van der Waals surface area contributed by atoms with Gasteiger partial charge in [-0.3, -0.25) is 9.59 Å². The second kappa shape index (κ2) is 17.9. The molecule has 0 saturated heterocycles. The molecule has 12 heteroatoms. The van der Waals surface area contributed by atoms with E-state index in [1.165, 1.54) is 21.6 Å². The van der Waals surface area contributed by atoms with E-state index < -0.39 is 12.2 Å². The van der Waals surface area contributed by atoms with Gasteiger partial charge in [0.1, 0.15) is 10.1 Å². The van der Waals surface area contributed by atoms with Gasteiger partial charge in [0.2, 0.25) is 11.8 Å². The van der Waals surface area contributed by atoms with Gasteiger partial charge in [-0.2, -0.15) is 0 Å². The van der Waals surface area contributed by atoms with Crippen LogP contribution >= 0.6 is 43.2 Å². The monoisotopic (exact) mass is 542 g/mol. The summed E-state index contributed by atoms with van der Waals surface area (Å²) in [5, 5.41) is 27.5. The zero-order chi connectivity index (χ0) is 24.4. The molecular formula is C22H30N4O4S4. The number of aromatic nitrogens is 2. The van der Waals surface area contributed by atoms with Crippen LogP contribution in [0, 0.1) is 0 Å². The maximum atomic E-state index is 11.9. The third-order valence-corrected chi connectivity index (χ3v) is 8.89. The Morgan fingerprint density at radius 2 is 1.21 bits per heavy atom. The number of hydrogen-bond donors (Lipinski definition) is 4. The fourth-order valence-corrected chi connectivity index (χ4v) is 6.28. The van der Waals surface area contributed by atoms with Crippen LogP contribution in [0.5, 0.6) is 0 Å². The molecule has 0 aliphatic rings. The summed E-state index contributed by atoms with van der Waals surface area (Å²) >= 11 is 0. The molecule has 0 radical (unpaired) electrons. The first kappa shape index (κ1) is 28.8. The molecule has 4 N–H and O–H groups in total. The van der Waals surface area contributed by atoms with Crippen LogP contribution in [0.3, 0.4) is 0 Å². The summed E-state index contributed by atoms with van der Waals surface area (Å²) in [5.74, 6) is 1.11. The molecule has 2 aromatic rings. The minimum Gasteiger partial charge on any atom is -0.390 e. The molecule has 2 rings (SSSR count). The van der Waals surface area contributed by atoms with E-state index in [9.17, 15) is 19.8 Å². The lowest BCUT2D eigenvalue weighted by Crippen LogP contribution is -2.35. The lowest BCUT2D eigenvalue weighted by Gasteiger charge is -2.18. The van der Waals surface area contributed by atoms with Gasteiger partial charge in [0.05, 0.1) is 12.2 Å². The predicted molar refractivity (Wildman–Crippen MR) is 142 cm³/mol. The molecule has 2 amide bonds. The number of aliphatic hydroxyl groups is 2. The van der Waals surface area contributed by atoms with Gasteiger partial charge < -0.3 is 20.8 Å². The third kappa shape index (κ3) is 13.4. The zero-order valence-electron chi connectivity index (χ0n) is 18.7. The van der Waals surface area contributed by atoms with Crippen molar-refractivity contribution >= 4 is 55.0 Å². The molecule has 0 saturated carbocycles. The molecule has 0 aliphatic carbocycles. The summed E-state index contributed by atoms with van der Waals surface area (Å²) in [6.07, 6.45) is 2.77. The van der Waals surface area contributed by atoms with Crippen LogP contribution in [0.4, 0.5) is 0 Å². The quantitative estimate of drug-likeness (QED) is 0.175. The van der Waals surface area contributed by atoms with Crippen molar-refractivity contribution in [2.45, 2.75) is 47.9 Å². The number of amides is 2. The highest BCUT2D eigenvalue weighted by atomic mass is 33.1. The van der Waals surface area contributed by atoms with Crippen molar-refractivity contribution in [1.29, 1.82) is 0 Å². The first-order valence-corrected chi connectivity index (χ1v) is 15.5. The minimum absolute atomic E-state index is 0.0952. The van der Waals surface area contributed by atoms with Crippen LogP contribution in [0.1, 0.15) is 25.7 Å². The molecule has 0 aromatic carbocycles. The van der Waals surface area contributed by atoms with E-state index in [-0.39, 0.29) is 37.7 Å². The van der Waals surface area contributed by atoms with E-state index in [0.717, 1.165) is 10.1 Å². The maximum absolute atomic E-state index is 11.9. The van der Waals surface area contributed by atoms with Crippen molar-refractivity contribution in [1.82, 2.24) is 20.6 Å². The predicted octanol–water partition coefficient (Wildman–Crippen LogP) is 3.17. The van der Waals surface area contributed by atoms with E-state index in [0.29, 0.717) is 24.3 Å². The highest BCUT2D eigenvalue weighted by molar-refractivity contribution is 8.77. The normalized spacial score (nSPS) is 12.6. The number of aliphatic hydroxyl groups excluding tert-OH is 2. The highest BCUT2D eigenvalue weighted by Crippen LogP contribution is 2.29. The van der Waals surface area contributed by atoms with E-state index >= 15 is 0 Å². The first-order valence-electron chi connectivity index (χ1n) is 10.8. The summed E-state index contributed by atoms with van der Waals surface area (Å²) in [7, 11) is 6.17. The Morgan fingerprint density at radius 1 is 0.765 bits per heavy atom. The van der Waals surface area contributed by atoms with Crippen LogP contribution in [-0.4, -0.2) is 68.8 Å². The molecule has 2 atom stereocenters. The molecule has 0 spiro atoms. The van der Waals surface area contributed by atoms with E-state index in [2.05, 4.69) is 20.6 Å². The van der Waals surface area contributed by atoms with Gasteiger partial charge in [-0.1, -0.05) is 33.7 Å². The minimum atomic E-state index is -0.961. The Hall–Kier alpha value is -1.44. The van der Waals surface area contributed by atoms with Crippen molar-refractivity contribution in [2.24, 2.45) is 0 Å². The van der Waals surface area contributed by atoms with Gasteiger partial charge in [0, 0.05) is 49.8 Å². The largest absolute Gasteiger partial charge is 0.390 e.